The largest absolute Gasteiger partial charge is 0.480 e. The summed E-state index contributed by atoms with van der Waals surface area (Å²) in [7, 11) is 0. The third-order valence-electron chi connectivity index (χ3n) is 2.37. The number of hydrogen-bond donors (Lipinski definition) is 3. The molecule has 0 aromatic rings. The van der Waals surface area contributed by atoms with E-state index in [0.29, 0.717) is 0 Å². The molecule has 7 nitrogen and oxygen atoms in total. The lowest BCUT2D eigenvalue weighted by Crippen LogP contribution is -2.45. The van der Waals surface area contributed by atoms with Crippen LogP contribution in [0.15, 0.2) is 0 Å². The Morgan fingerprint density at radius 2 is 2.06 bits per heavy atom. The number of carboxylic acid groups (broad SMARTS) is 1. The Morgan fingerprint density at radius 3 is 2.56 bits per heavy atom. The molecule has 0 spiro atoms. The van der Waals surface area contributed by atoms with Crippen molar-refractivity contribution in [2.45, 2.75) is 25.5 Å². The van der Waals surface area contributed by atoms with E-state index in [4.69, 9.17) is 5.11 Å². The van der Waals surface area contributed by atoms with E-state index in [-0.39, 0.29) is 25.4 Å². The van der Waals surface area contributed by atoms with Gasteiger partial charge in [0, 0.05) is 19.9 Å². The second-order valence-electron chi connectivity index (χ2n) is 3.70. The van der Waals surface area contributed by atoms with E-state index in [1.54, 1.807) is 0 Å². The zero-order valence-electron chi connectivity index (χ0n) is 8.84. The van der Waals surface area contributed by atoms with Crippen LogP contribution in [-0.2, 0) is 14.4 Å². The minimum Gasteiger partial charge on any atom is -0.480 e. The Kier molecular flexibility index (Phi) is 3.83. The lowest BCUT2D eigenvalue weighted by atomic mass is 10.2. The van der Waals surface area contributed by atoms with Crippen molar-refractivity contribution in [2.75, 3.05) is 13.1 Å². The molecule has 1 saturated heterocycles. The number of nitrogens with one attached hydrogen (secondary N) is 1. The maximum absolute atomic E-state index is 11.5. The Morgan fingerprint density at radius 1 is 1.44 bits per heavy atom. The number of carbonyl (C=O) groups excluding carboxylic acids is 2. The molecule has 0 saturated carbocycles. The monoisotopic (exact) mass is 230 g/mol. The van der Waals surface area contributed by atoms with Gasteiger partial charge in [0.1, 0.15) is 6.04 Å². The number of aliphatic hydroxyl groups excluding tert-OH is 1. The van der Waals surface area contributed by atoms with Gasteiger partial charge in [-0.1, -0.05) is 0 Å². The van der Waals surface area contributed by atoms with Crippen molar-refractivity contribution >= 4 is 17.8 Å². The molecule has 0 radical (unpaired) electrons. The maximum atomic E-state index is 11.5. The van der Waals surface area contributed by atoms with Gasteiger partial charge in [-0.15, -0.1) is 0 Å². The third-order valence-corrected chi connectivity index (χ3v) is 2.37. The first-order chi connectivity index (χ1) is 7.41. The van der Waals surface area contributed by atoms with E-state index in [1.807, 2.05) is 0 Å². The molecule has 90 valence electrons. The highest BCUT2D eigenvalue weighted by Crippen LogP contribution is 2.17. The molecule has 2 atom stereocenters. The van der Waals surface area contributed by atoms with Crippen molar-refractivity contribution in [2.24, 2.45) is 0 Å². The summed E-state index contributed by atoms with van der Waals surface area (Å²) in [5, 5.41) is 20.4. The summed E-state index contributed by atoms with van der Waals surface area (Å²) in [4.78, 5) is 34.0. The van der Waals surface area contributed by atoms with Crippen LogP contribution >= 0.6 is 0 Å². The zero-order chi connectivity index (χ0) is 12.3. The molecule has 0 aliphatic carbocycles. The van der Waals surface area contributed by atoms with E-state index in [0.717, 1.165) is 4.90 Å². The molecule has 3 N–H and O–H groups in total. The zero-order valence-corrected chi connectivity index (χ0v) is 8.84. The van der Waals surface area contributed by atoms with Crippen LogP contribution in [0.25, 0.3) is 0 Å². The van der Waals surface area contributed by atoms with Crippen LogP contribution in [0, 0.1) is 0 Å². The van der Waals surface area contributed by atoms with Crippen LogP contribution in [0.4, 0.5) is 0 Å². The van der Waals surface area contributed by atoms with E-state index in [9.17, 15) is 19.5 Å². The standard InChI is InChI=1S/C9H14N2O5/c1-5(12)10-3-8(14)11-4-6(13)2-7(11)9(15)16/h6-7,13H,2-4H2,1H3,(H,10,12)(H,15,16)/t6-,7-/m0/s1. The Balaban J connectivity index is 2.59. The van der Waals surface area contributed by atoms with Crippen LogP contribution < -0.4 is 5.32 Å². The molecule has 1 rings (SSSR count). The summed E-state index contributed by atoms with van der Waals surface area (Å²) >= 11 is 0. The van der Waals surface area contributed by atoms with Gasteiger partial charge in [0.15, 0.2) is 0 Å². The molecule has 1 fully saturated rings. The number of likely N-dealkylation sites (tertiary alicyclic amines) is 1. The first-order valence-corrected chi connectivity index (χ1v) is 4.86. The smallest absolute Gasteiger partial charge is 0.326 e. The van der Waals surface area contributed by atoms with Gasteiger partial charge in [-0.05, 0) is 0 Å². The number of nitrogens with zero attached hydrogens (tertiary/aromatic N) is 1. The summed E-state index contributed by atoms with van der Waals surface area (Å²) in [5.74, 6) is -2.01. The Bertz CT molecular complexity index is 317. The fourth-order valence-corrected chi connectivity index (χ4v) is 1.63. The predicted molar refractivity (Wildman–Crippen MR) is 52.4 cm³/mol. The second-order valence-corrected chi connectivity index (χ2v) is 3.70. The summed E-state index contributed by atoms with van der Waals surface area (Å²) < 4.78 is 0. The highest BCUT2D eigenvalue weighted by molar-refractivity contribution is 5.88. The number of amides is 2. The van der Waals surface area contributed by atoms with E-state index in [2.05, 4.69) is 5.32 Å². The number of carbonyl (C=O) groups is 3. The first kappa shape index (κ1) is 12.4. The number of rotatable bonds is 3. The normalized spacial score (nSPS) is 24.2. The molecular weight excluding hydrogens is 216 g/mol. The van der Waals surface area contributed by atoms with Gasteiger partial charge in [0.05, 0.1) is 12.6 Å². The molecule has 1 aliphatic rings. The van der Waals surface area contributed by atoms with Gasteiger partial charge in [0.25, 0.3) is 0 Å². The quantitative estimate of drug-likeness (QED) is 0.528. The first-order valence-electron chi connectivity index (χ1n) is 4.86. The molecule has 1 heterocycles. The fraction of sp³-hybridized carbons (Fsp3) is 0.667. The average molecular weight is 230 g/mol. The maximum Gasteiger partial charge on any atom is 0.326 e. The van der Waals surface area contributed by atoms with Gasteiger partial charge in [-0.25, -0.2) is 4.79 Å². The molecule has 16 heavy (non-hydrogen) atoms. The van der Waals surface area contributed by atoms with Gasteiger partial charge >= 0.3 is 5.97 Å². The molecular formula is C9H14N2O5. The van der Waals surface area contributed by atoms with E-state index in [1.165, 1.54) is 6.92 Å². The Labute approximate surface area is 92.0 Å². The summed E-state index contributed by atoms with van der Waals surface area (Å²) in [6.45, 7) is 1.02. The van der Waals surface area contributed by atoms with Crippen molar-refractivity contribution in [1.82, 2.24) is 10.2 Å². The SMILES string of the molecule is CC(=O)NCC(=O)N1C[C@@H](O)C[C@H]1C(=O)O. The lowest BCUT2D eigenvalue weighted by molar-refractivity contribution is -0.148. The number of β-amino-alcohol motifs (C(OH)–C–C–N with tert-alkyl or cyclic N) is 1. The van der Waals surface area contributed by atoms with Crippen molar-refractivity contribution in [3.63, 3.8) is 0 Å². The van der Waals surface area contributed by atoms with Crippen LogP contribution in [0.5, 0.6) is 0 Å². The fourth-order valence-electron chi connectivity index (χ4n) is 1.63. The van der Waals surface area contributed by atoms with Crippen molar-refractivity contribution in [3.8, 4) is 0 Å². The minimum atomic E-state index is -1.15. The predicted octanol–water partition coefficient (Wildman–Crippen LogP) is -1.83. The molecule has 0 unspecified atom stereocenters. The number of hydrogen-bond acceptors (Lipinski definition) is 4. The molecule has 0 aromatic carbocycles. The van der Waals surface area contributed by atoms with Gasteiger partial charge < -0.3 is 20.4 Å². The van der Waals surface area contributed by atoms with Crippen LogP contribution in [0.1, 0.15) is 13.3 Å². The minimum absolute atomic E-state index is 0.00458. The highest BCUT2D eigenvalue weighted by atomic mass is 16.4. The van der Waals surface area contributed by atoms with Crippen molar-refractivity contribution in [1.29, 1.82) is 0 Å². The molecule has 0 aromatic heterocycles. The highest BCUT2D eigenvalue weighted by Gasteiger charge is 2.38. The second kappa shape index (κ2) is 4.93. The van der Waals surface area contributed by atoms with Gasteiger partial charge in [-0.2, -0.15) is 0 Å². The summed E-state index contributed by atoms with van der Waals surface area (Å²) in [6, 6.07) is -1.00. The van der Waals surface area contributed by atoms with Crippen molar-refractivity contribution in [3.05, 3.63) is 0 Å². The molecule has 1 aliphatic heterocycles. The van der Waals surface area contributed by atoms with Gasteiger partial charge in [-0.3, -0.25) is 9.59 Å². The van der Waals surface area contributed by atoms with Crippen LogP contribution in [-0.4, -0.2) is 58.1 Å². The van der Waals surface area contributed by atoms with Crippen LogP contribution in [0.3, 0.4) is 0 Å². The van der Waals surface area contributed by atoms with Crippen LogP contribution in [0.2, 0.25) is 0 Å². The van der Waals surface area contributed by atoms with E-state index >= 15 is 0 Å². The number of carboxylic acids is 1. The number of aliphatic carboxylic acids is 1. The third kappa shape index (κ3) is 2.93. The number of aliphatic hydroxyl groups is 1. The van der Waals surface area contributed by atoms with E-state index < -0.39 is 24.0 Å². The van der Waals surface area contributed by atoms with Crippen molar-refractivity contribution < 1.29 is 24.6 Å². The lowest BCUT2D eigenvalue weighted by Gasteiger charge is -2.20. The summed E-state index contributed by atoms with van der Waals surface area (Å²) in [5.41, 5.74) is 0. The topological polar surface area (TPSA) is 107 Å². The molecule has 0 bridgehead atoms. The summed E-state index contributed by atoms with van der Waals surface area (Å²) in [6.07, 6.45) is -0.788. The average Bonchev–Trinajstić information content (AvgIpc) is 2.56. The Hall–Kier alpha value is -1.63. The molecule has 2 amide bonds. The molecule has 7 heteroatoms. The van der Waals surface area contributed by atoms with Gasteiger partial charge in [0.2, 0.25) is 11.8 Å².